The fourth-order valence-corrected chi connectivity index (χ4v) is 2.42. The summed E-state index contributed by atoms with van der Waals surface area (Å²) in [6.07, 6.45) is 18.4. The number of nitrogens with zero attached hydrogens (tertiary/aromatic N) is 1. The highest BCUT2D eigenvalue weighted by Crippen LogP contribution is 2.24. The van der Waals surface area contributed by atoms with Crippen molar-refractivity contribution in [1.29, 1.82) is 0 Å². The Balaban J connectivity index is 0.000000472. The Morgan fingerprint density at radius 2 is 1.82 bits per heavy atom. The van der Waals surface area contributed by atoms with E-state index in [1.54, 1.807) is 0 Å². The summed E-state index contributed by atoms with van der Waals surface area (Å²) in [6, 6.07) is 0.501. The summed E-state index contributed by atoms with van der Waals surface area (Å²) in [5.74, 6) is 0. The average molecular weight is 304 g/mol. The largest absolute Gasteiger partial charge is 0.369 e. The normalized spacial score (nSPS) is 17.2. The van der Waals surface area contributed by atoms with Gasteiger partial charge in [-0.2, -0.15) is 0 Å². The van der Waals surface area contributed by atoms with E-state index in [1.807, 2.05) is 6.92 Å². The summed E-state index contributed by atoms with van der Waals surface area (Å²) in [6.45, 7) is 16.2. The van der Waals surface area contributed by atoms with Crippen LogP contribution in [0.1, 0.15) is 73.1 Å². The molecule has 0 aromatic rings. The maximum Gasteiger partial charge on any atom is 0.0471 e. The lowest BCUT2D eigenvalue weighted by Crippen LogP contribution is -2.29. The second kappa shape index (κ2) is 13.4. The van der Waals surface area contributed by atoms with Gasteiger partial charge in [-0.1, -0.05) is 69.2 Å². The summed E-state index contributed by atoms with van der Waals surface area (Å²) in [5.41, 5.74) is 2.71. The minimum absolute atomic E-state index is 0.501. The van der Waals surface area contributed by atoms with Crippen molar-refractivity contribution in [3.8, 4) is 0 Å². The summed E-state index contributed by atoms with van der Waals surface area (Å²) < 4.78 is 0. The van der Waals surface area contributed by atoms with E-state index in [0.29, 0.717) is 6.04 Å². The van der Waals surface area contributed by atoms with Crippen molar-refractivity contribution in [3.63, 3.8) is 0 Å². The zero-order valence-corrected chi connectivity index (χ0v) is 15.6. The molecule has 0 radical (unpaired) electrons. The topological polar surface area (TPSA) is 3.24 Å². The summed E-state index contributed by atoms with van der Waals surface area (Å²) in [4.78, 5) is 2.41. The minimum Gasteiger partial charge on any atom is -0.369 e. The van der Waals surface area contributed by atoms with Gasteiger partial charge >= 0.3 is 0 Å². The molecule has 126 valence electrons. The molecule has 0 spiro atoms. The molecule has 1 heterocycles. The highest BCUT2D eigenvalue weighted by atomic mass is 15.2. The Morgan fingerprint density at radius 3 is 2.23 bits per heavy atom. The first-order chi connectivity index (χ1) is 10.6. The standard InChI is InChI=1S/C13H21N.C8H16/c1-5-6-8-11(2)13(4)14-10-7-9-12(14)3;1-3-5-7-8-6-4-2/h5-6,8,13H,3,7,9-10H2,1-2,4H3;7-8H,3-6H2,1-2H3/b6-5-,11-8+;8-7-/t13-;/m0./s1. The van der Waals surface area contributed by atoms with Crippen molar-refractivity contribution < 1.29 is 0 Å². The van der Waals surface area contributed by atoms with Crippen molar-refractivity contribution in [2.45, 2.75) is 79.2 Å². The molecular formula is C21H37N. The SMILES string of the molecule is C=C1CCCN1[C@@H](C)/C(C)=C/C=C\C.CCC/C=C\CCC. The first-order valence-corrected chi connectivity index (χ1v) is 8.97. The lowest BCUT2D eigenvalue weighted by Gasteiger charge is -2.28. The van der Waals surface area contributed by atoms with Crippen LogP contribution >= 0.6 is 0 Å². The fraction of sp³-hybridized carbons (Fsp3) is 0.619. The van der Waals surface area contributed by atoms with E-state index >= 15 is 0 Å². The molecule has 0 aliphatic carbocycles. The molecule has 1 aliphatic rings. The predicted molar refractivity (Wildman–Crippen MR) is 102 cm³/mol. The molecule has 1 fully saturated rings. The summed E-state index contributed by atoms with van der Waals surface area (Å²) in [5, 5.41) is 0. The number of unbranched alkanes of at least 4 members (excludes halogenated alkanes) is 2. The molecule has 1 heteroatoms. The smallest absolute Gasteiger partial charge is 0.0471 e. The van der Waals surface area contributed by atoms with Crippen molar-refractivity contribution >= 4 is 0 Å². The third-order valence-corrected chi connectivity index (χ3v) is 4.03. The maximum absolute atomic E-state index is 4.10. The van der Waals surface area contributed by atoms with E-state index in [0.717, 1.165) is 0 Å². The summed E-state index contributed by atoms with van der Waals surface area (Å²) in [7, 11) is 0. The van der Waals surface area contributed by atoms with Crippen LogP contribution in [0, 0.1) is 0 Å². The molecule has 0 amide bonds. The quantitative estimate of drug-likeness (QED) is 0.376. The van der Waals surface area contributed by atoms with E-state index in [4.69, 9.17) is 0 Å². The first-order valence-electron chi connectivity index (χ1n) is 8.97. The van der Waals surface area contributed by atoms with Crippen LogP contribution in [0.4, 0.5) is 0 Å². The second-order valence-electron chi connectivity index (χ2n) is 6.02. The lowest BCUT2D eigenvalue weighted by molar-refractivity contribution is 0.339. The van der Waals surface area contributed by atoms with Crippen LogP contribution in [0.5, 0.6) is 0 Å². The van der Waals surface area contributed by atoms with Crippen molar-refractivity contribution in [2.75, 3.05) is 6.54 Å². The molecular weight excluding hydrogens is 266 g/mol. The van der Waals surface area contributed by atoms with Crippen molar-refractivity contribution in [2.24, 2.45) is 0 Å². The van der Waals surface area contributed by atoms with Crippen molar-refractivity contribution in [1.82, 2.24) is 4.90 Å². The van der Waals surface area contributed by atoms with Gasteiger partial charge in [-0.15, -0.1) is 0 Å². The highest BCUT2D eigenvalue weighted by Gasteiger charge is 2.20. The van der Waals surface area contributed by atoms with Crippen LogP contribution in [-0.4, -0.2) is 17.5 Å². The molecule has 0 aromatic carbocycles. The molecule has 1 saturated heterocycles. The molecule has 0 N–H and O–H groups in total. The molecule has 1 rings (SSSR count). The molecule has 0 bridgehead atoms. The number of hydrogen-bond donors (Lipinski definition) is 0. The zero-order chi connectivity index (χ0) is 16.8. The van der Waals surface area contributed by atoms with Gasteiger partial charge in [0.15, 0.2) is 0 Å². The average Bonchev–Trinajstić information content (AvgIpc) is 2.95. The predicted octanol–water partition coefficient (Wildman–Crippen LogP) is 6.65. The van der Waals surface area contributed by atoms with E-state index < -0.39 is 0 Å². The van der Waals surface area contributed by atoms with Crippen LogP contribution in [0.3, 0.4) is 0 Å². The van der Waals surface area contributed by atoms with Gasteiger partial charge in [-0.3, -0.25) is 0 Å². The van der Waals surface area contributed by atoms with Crippen LogP contribution in [0.2, 0.25) is 0 Å². The van der Waals surface area contributed by atoms with Crippen LogP contribution in [0.15, 0.2) is 48.2 Å². The van der Waals surface area contributed by atoms with Gasteiger partial charge in [0.05, 0.1) is 0 Å². The Morgan fingerprint density at radius 1 is 1.23 bits per heavy atom. The monoisotopic (exact) mass is 303 g/mol. The van der Waals surface area contributed by atoms with E-state index in [-0.39, 0.29) is 0 Å². The lowest BCUT2D eigenvalue weighted by atomic mass is 10.1. The van der Waals surface area contributed by atoms with Gasteiger partial charge in [-0.25, -0.2) is 0 Å². The fourth-order valence-electron chi connectivity index (χ4n) is 2.42. The Labute approximate surface area is 139 Å². The molecule has 1 atom stereocenters. The van der Waals surface area contributed by atoms with Gasteiger partial charge in [0.1, 0.15) is 0 Å². The number of rotatable bonds is 7. The molecule has 1 aliphatic heterocycles. The van der Waals surface area contributed by atoms with Gasteiger partial charge in [0.25, 0.3) is 0 Å². The highest BCUT2D eigenvalue weighted by molar-refractivity contribution is 5.18. The number of likely N-dealkylation sites (tertiary alicyclic amines) is 1. The van der Waals surface area contributed by atoms with Crippen LogP contribution < -0.4 is 0 Å². The molecule has 0 saturated carbocycles. The molecule has 0 aromatic heterocycles. The van der Waals surface area contributed by atoms with Gasteiger partial charge in [0, 0.05) is 18.3 Å². The Hall–Kier alpha value is -1.24. The van der Waals surface area contributed by atoms with Crippen LogP contribution in [-0.2, 0) is 0 Å². The number of allylic oxidation sites excluding steroid dienone is 6. The van der Waals surface area contributed by atoms with E-state index in [1.165, 1.54) is 56.3 Å². The molecule has 22 heavy (non-hydrogen) atoms. The first kappa shape index (κ1) is 20.8. The Kier molecular flexibility index (Phi) is 12.7. The molecule has 1 nitrogen and oxygen atoms in total. The van der Waals surface area contributed by atoms with E-state index in [2.05, 4.69) is 69.6 Å². The molecule has 0 unspecified atom stereocenters. The number of hydrogen-bond acceptors (Lipinski definition) is 1. The maximum atomic E-state index is 4.10. The van der Waals surface area contributed by atoms with Gasteiger partial charge in [0.2, 0.25) is 0 Å². The van der Waals surface area contributed by atoms with Gasteiger partial charge in [-0.05, 0) is 46.5 Å². The van der Waals surface area contributed by atoms with Crippen molar-refractivity contribution in [3.05, 3.63) is 48.2 Å². The zero-order valence-electron chi connectivity index (χ0n) is 15.6. The van der Waals surface area contributed by atoms with Crippen LogP contribution in [0.25, 0.3) is 0 Å². The Bertz CT molecular complexity index is 365. The van der Waals surface area contributed by atoms with E-state index in [9.17, 15) is 0 Å². The minimum atomic E-state index is 0.501. The second-order valence-corrected chi connectivity index (χ2v) is 6.02. The van der Waals surface area contributed by atoms with Gasteiger partial charge < -0.3 is 4.90 Å². The third-order valence-electron chi connectivity index (χ3n) is 4.03. The third kappa shape index (κ3) is 8.92. The summed E-state index contributed by atoms with van der Waals surface area (Å²) >= 11 is 0.